The number of carbonyl (C=O) groups is 1. The number of nitrogens with zero attached hydrogens (tertiary/aromatic N) is 5. The zero-order valence-electron chi connectivity index (χ0n) is 13.4. The monoisotopic (exact) mass is 324 g/mol. The van der Waals surface area contributed by atoms with Gasteiger partial charge in [0.2, 0.25) is 5.95 Å². The zero-order valence-corrected chi connectivity index (χ0v) is 13.4. The van der Waals surface area contributed by atoms with Crippen LogP contribution in [0.5, 0.6) is 0 Å². The van der Waals surface area contributed by atoms with E-state index in [-0.39, 0.29) is 5.91 Å². The van der Waals surface area contributed by atoms with Crippen LogP contribution in [-0.2, 0) is 18.3 Å². The molecule has 1 aromatic carbocycles. The molecule has 0 aliphatic heterocycles. The van der Waals surface area contributed by atoms with Gasteiger partial charge in [-0.2, -0.15) is 10.4 Å². The first kappa shape index (κ1) is 15.7. The van der Waals surface area contributed by atoms with Crippen molar-refractivity contribution in [1.82, 2.24) is 19.3 Å². The minimum atomic E-state index is -0.301. The summed E-state index contributed by atoms with van der Waals surface area (Å²) in [6.45, 7) is 0.958. The number of imidazole rings is 1. The van der Waals surface area contributed by atoms with Crippen molar-refractivity contribution < 1.29 is 9.53 Å². The third kappa shape index (κ3) is 2.85. The lowest BCUT2D eigenvalue weighted by Crippen LogP contribution is -2.19. The van der Waals surface area contributed by atoms with Crippen LogP contribution in [-0.4, -0.2) is 39.0 Å². The van der Waals surface area contributed by atoms with Crippen LogP contribution in [0.15, 0.2) is 30.5 Å². The predicted octanol–water partition coefficient (Wildman–Crippen LogP) is 1.54. The summed E-state index contributed by atoms with van der Waals surface area (Å²) in [5.41, 5.74) is 2.43. The number of benzene rings is 1. The van der Waals surface area contributed by atoms with E-state index < -0.39 is 0 Å². The number of rotatable bonds is 5. The summed E-state index contributed by atoms with van der Waals surface area (Å²) in [4.78, 5) is 16.9. The van der Waals surface area contributed by atoms with Crippen LogP contribution in [0, 0.1) is 11.3 Å². The maximum atomic E-state index is 12.4. The van der Waals surface area contributed by atoms with Crippen molar-refractivity contribution in [2.45, 2.75) is 6.54 Å². The van der Waals surface area contributed by atoms with Crippen molar-refractivity contribution in [3.05, 3.63) is 41.7 Å². The molecule has 0 bridgehead atoms. The molecular weight excluding hydrogens is 308 g/mol. The number of hydrogen-bond donors (Lipinski definition) is 1. The molecule has 0 saturated carbocycles. The van der Waals surface area contributed by atoms with Crippen molar-refractivity contribution in [3.63, 3.8) is 0 Å². The zero-order chi connectivity index (χ0) is 17.1. The number of aryl methyl sites for hydroxylation is 1. The number of nitriles is 1. The van der Waals surface area contributed by atoms with Crippen LogP contribution in [0.3, 0.4) is 0 Å². The number of carbonyl (C=O) groups excluding carboxylic acids is 1. The van der Waals surface area contributed by atoms with Crippen molar-refractivity contribution in [3.8, 4) is 6.07 Å². The van der Waals surface area contributed by atoms with Crippen molar-refractivity contribution in [1.29, 1.82) is 5.26 Å². The maximum absolute atomic E-state index is 12.4. The predicted molar refractivity (Wildman–Crippen MR) is 87.5 cm³/mol. The first-order valence-electron chi connectivity index (χ1n) is 7.32. The second-order valence-corrected chi connectivity index (χ2v) is 5.19. The van der Waals surface area contributed by atoms with E-state index in [1.54, 1.807) is 44.6 Å². The third-order valence-electron chi connectivity index (χ3n) is 3.68. The van der Waals surface area contributed by atoms with Crippen LogP contribution in [0.25, 0.3) is 11.0 Å². The summed E-state index contributed by atoms with van der Waals surface area (Å²) in [6, 6.07) is 8.95. The summed E-state index contributed by atoms with van der Waals surface area (Å²) in [5.74, 6) is 0.104. The number of methoxy groups -OCH3 is 1. The fraction of sp³-hybridized carbons (Fsp3) is 0.250. The standard InChI is InChI=1S/C16H16N6O2/c1-21-13(5-6-18-21)15(23)20-16-19-12-4-3-11(10-17)9-14(12)22(16)7-8-24-2/h3-6,9H,7-8H2,1-2H3,(H,19,20,23). The van der Waals surface area contributed by atoms with Gasteiger partial charge in [-0.05, 0) is 24.3 Å². The van der Waals surface area contributed by atoms with E-state index in [1.807, 2.05) is 4.57 Å². The van der Waals surface area contributed by atoms with Gasteiger partial charge in [0.05, 0.1) is 29.3 Å². The SMILES string of the molecule is COCCn1c(NC(=O)c2ccnn2C)nc2ccc(C#N)cc21. The summed E-state index contributed by atoms with van der Waals surface area (Å²) >= 11 is 0. The Morgan fingerprint density at radius 2 is 2.25 bits per heavy atom. The Morgan fingerprint density at radius 1 is 1.42 bits per heavy atom. The van der Waals surface area contributed by atoms with Gasteiger partial charge in [-0.3, -0.25) is 14.8 Å². The highest BCUT2D eigenvalue weighted by Gasteiger charge is 2.16. The second kappa shape index (κ2) is 6.52. The normalized spacial score (nSPS) is 10.7. The molecule has 0 fully saturated rings. The third-order valence-corrected chi connectivity index (χ3v) is 3.68. The Kier molecular flexibility index (Phi) is 4.26. The van der Waals surface area contributed by atoms with E-state index in [9.17, 15) is 4.79 Å². The molecule has 122 valence electrons. The van der Waals surface area contributed by atoms with Crippen molar-refractivity contribution in [2.75, 3.05) is 19.0 Å². The Balaban J connectivity index is 2.01. The molecule has 0 spiro atoms. The summed E-state index contributed by atoms with van der Waals surface area (Å²) in [5, 5.41) is 15.9. The van der Waals surface area contributed by atoms with Gasteiger partial charge in [-0.1, -0.05) is 0 Å². The van der Waals surface area contributed by atoms with Gasteiger partial charge in [-0.25, -0.2) is 4.98 Å². The van der Waals surface area contributed by atoms with Crippen molar-refractivity contribution in [2.24, 2.45) is 7.05 Å². The number of amides is 1. The fourth-order valence-electron chi connectivity index (χ4n) is 2.46. The molecule has 24 heavy (non-hydrogen) atoms. The highest BCUT2D eigenvalue weighted by Crippen LogP contribution is 2.21. The number of aromatic nitrogens is 4. The highest BCUT2D eigenvalue weighted by molar-refractivity contribution is 6.02. The molecule has 0 aliphatic rings. The molecular formula is C16H16N6O2. The van der Waals surface area contributed by atoms with Crippen LogP contribution >= 0.6 is 0 Å². The van der Waals surface area contributed by atoms with Gasteiger partial charge < -0.3 is 9.30 Å². The van der Waals surface area contributed by atoms with E-state index in [0.29, 0.717) is 35.9 Å². The molecule has 0 saturated heterocycles. The minimum Gasteiger partial charge on any atom is -0.383 e. The van der Waals surface area contributed by atoms with E-state index in [0.717, 1.165) is 5.52 Å². The molecule has 1 amide bonds. The molecule has 0 atom stereocenters. The summed E-state index contributed by atoms with van der Waals surface area (Å²) in [7, 11) is 3.30. The molecule has 8 heteroatoms. The minimum absolute atomic E-state index is 0.301. The highest BCUT2D eigenvalue weighted by atomic mass is 16.5. The number of hydrogen-bond acceptors (Lipinski definition) is 5. The van der Waals surface area contributed by atoms with E-state index in [4.69, 9.17) is 10.00 Å². The smallest absolute Gasteiger partial charge is 0.276 e. The first-order valence-corrected chi connectivity index (χ1v) is 7.32. The average molecular weight is 324 g/mol. The van der Waals surface area contributed by atoms with Gasteiger partial charge in [-0.15, -0.1) is 0 Å². The van der Waals surface area contributed by atoms with Gasteiger partial charge in [0.1, 0.15) is 5.69 Å². The second-order valence-electron chi connectivity index (χ2n) is 5.19. The molecule has 8 nitrogen and oxygen atoms in total. The Bertz CT molecular complexity index is 934. The lowest BCUT2D eigenvalue weighted by Gasteiger charge is -2.09. The van der Waals surface area contributed by atoms with Crippen molar-refractivity contribution >= 4 is 22.9 Å². The number of nitrogens with one attached hydrogen (secondary N) is 1. The van der Waals surface area contributed by atoms with Gasteiger partial charge >= 0.3 is 0 Å². The van der Waals surface area contributed by atoms with E-state index >= 15 is 0 Å². The molecule has 3 rings (SSSR count). The quantitative estimate of drug-likeness (QED) is 0.767. The van der Waals surface area contributed by atoms with Gasteiger partial charge in [0, 0.05) is 26.9 Å². The van der Waals surface area contributed by atoms with E-state index in [2.05, 4.69) is 21.5 Å². The fourth-order valence-corrected chi connectivity index (χ4v) is 2.46. The maximum Gasteiger partial charge on any atom is 0.276 e. The van der Waals surface area contributed by atoms with Crippen LogP contribution in [0.4, 0.5) is 5.95 Å². The van der Waals surface area contributed by atoms with Crippen LogP contribution < -0.4 is 5.32 Å². The summed E-state index contributed by atoms with van der Waals surface area (Å²) < 4.78 is 8.45. The Labute approximate surface area is 138 Å². The number of anilines is 1. The molecule has 2 aromatic heterocycles. The number of fused-ring (bicyclic) bond motifs is 1. The topological polar surface area (TPSA) is 97.8 Å². The van der Waals surface area contributed by atoms with Gasteiger partial charge in [0.25, 0.3) is 5.91 Å². The average Bonchev–Trinajstić information content (AvgIpc) is 3.15. The lowest BCUT2D eigenvalue weighted by atomic mass is 10.2. The molecule has 0 unspecified atom stereocenters. The molecule has 2 heterocycles. The Morgan fingerprint density at radius 3 is 2.92 bits per heavy atom. The lowest BCUT2D eigenvalue weighted by molar-refractivity contribution is 0.101. The first-order chi connectivity index (χ1) is 11.6. The molecule has 3 aromatic rings. The summed E-state index contributed by atoms with van der Waals surface area (Å²) in [6.07, 6.45) is 1.56. The molecule has 0 radical (unpaired) electrons. The van der Waals surface area contributed by atoms with Crippen LogP contribution in [0.1, 0.15) is 16.1 Å². The molecule has 1 N–H and O–H groups in total. The van der Waals surface area contributed by atoms with Crippen LogP contribution in [0.2, 0.25) is 0 Å². The number of ether oxygens (including phenoxy) is 1. The largest absolute Gasteiger partial charge is 0.383 e. The molecule has 0 aliphatic carbocycles. The van der Waals surface area contributed by atoms with Gasteiger partial charge in [0.15, 0.2) is 0 Å². The Hall–Kier alpha value is -3.18. The van der Waals surface area contributed by atoms with E-state index in [1.165, 1.54) is 4.68 Å².